The van der Waals surface area contributed by atoms with Crippen molar-refractivity contribution in [3.05, 3.63) is 59.9 Å². The Balaban J connectivity index is 1.65. The maximum absolute atomic E-state index is 12.0. The summed E-state index contributed by atoms with van der Waals surface area (Å²) < 4.78 is 0. The van der Waals surface area contributed by atoms with Crippen LogP contribution in [0, 0.1) is 6.92 Å². The molecule has 0 saturated carbocycles. The number of hydrogen-bond acceptors (Lipinski definition) is 5. The van der Waals surface area contributed by atoms with E-state index in [-0.39, 0.29) is 5.91 Å². The Bertz CT molecular complexity index is 768. The molecule has 2 heterocycles. The van der Waals surface area contributed by atoms with Gasteiger partial charge in [0.15, 0.2) is 0 Å². The highest BCUT2D eigenvalue weighted by molar-refractivity contribution is 7.18. The maximum Gasteiger partial charge on any atom is 0.230 e. The molecule has 5 nitrogen and oxygen atoms in total. The van der Waals surface area contributed by atoms with E-state index in [1.807, 2.05) is 43.3 Å². The van der Waals surface area contributed by atoms with Gasteiger partial charge in [0.05, 0.1) is 6.42 Å². The first-order valence-corrected chi connectivity index (χ1v) is 7.61. The molecular weight excluding hydrogens is 296 g/mol. The molecule has 1 aromatic carbocycles. The fourth-order valence-corrected chi connectivity index (χ4v) is 2.70. The number of carbonyl (C=O) groups excluding carboxylic acids is 1. The summed E-state index contributed by atoms with van der Waals surface area (Å²) in [4.78, 5) is 16.0. The van der Waals surface area contributed by atoms with E-state index in [2.05, 4.69) is 20.5 Å². The SMILES string of the molecule is Cc1ccc(CC(=O)Nc2nnc(-c3ccncc3)s2)cc1. The van der Waals surface area contributed by atoms with Crippen LogP contribution in [0.3, 0.4) is 0 Å². The average molecular weight is 310 g/mol. The van der Waals surface area contributed by atoms with Crippen LogP contribution in [-0.4, -0.2) is 21.1 Å². The second kappa shape index (κ2) is 6.44. The number of carbonyl (C=O) groups is 1. The number of rotatable bonds is 4. The molecule has 0 aliphatic rings. The van der Waals surface area contributed by atoms with E-state index in [0.717, 1.165) is 16.1 Å². The van der Waals surface area contributed by atoms with Gasteiger partial charge in [0.2, 0.25) is 11.0 Å². The van der Waals surface area contributed by atoms with Crippen LogP contribution in [0.5, 0.6) is 0 Å². The van der Waals surface area contributed by atoms with E-state index in [1.165, 1.54) is 16.9 Å². The minimum Gasteiger partial charge on any atom is -0.300 e. The largest absolute Gasteiger partial charge is 0.300 e. The van der Waals surface area contributed by atoms with Crippen LogP contribution < -0.4 is 5.32 Å². The number of amides is 1. The van der Waals surface area contributed by atoms with Crippen molar-refractivity contribution in [1.29, 1.82) is 0 Å². The summed E-state index contributed by atoms with van der Waals surface area (Å²) in [5, 5.41) is 12.1. The average Bonchev–Trinajstić information content (AvgIpc) is 2.99. The predicted molar refractivity (Wildman–Crippen MR) is 86.7 cm³/mol. The van der Waals surface area contributed by atoms with Crippen LogP contribution in [0.15, 0.2) is 48.8 Å². The fourth-order valence-electron chi connectivity index (χ4n) is 1.94. The Morgan fingerprint density at radius 3 is 2.55 bits per heavy atom. The first kappa shape index (κ1) is 14.3. The summed E-state index contributed by atoms with van der Waals surface area (Å²) >= 11 is 1.35. The number of pyridine rings is 1. The number of aromatic nitrogens is 3. The summed E-state index contributed by atoms with van der Waals surface area (Å²) in [6, 6.07) is 11.6. The Morgan fingerprint density at radius 2 is 1.82 bits per heavy atom. The maximum atomic E-state index is 12.0. The second-order valence-electron chi connectivity index (χ2n) is 4.86. The standard InChI is InChI=1S/C16H14N4OS/c1-11-2-4-12(5-3-11)10-14(21)18-16-20-19-15(22-16)13-6-8-17-9-7-13/h2-9H,10H2,1H3,(H,18,20,21). The molecule has 0 bridgehead atoms. The Labute approximate surface area is 132 Å². The number of anilines is 1. The number of benzene rings is 1. The molecule has 2 aromatic heterocycles. The van der Waals surface area contributed by atoms with Gasteiger partial charge in [-0.25, -0.2) is 0 Å². The lowest BCUT2D eigenvalue weighted by molar-refractivity contribution is -0.115. The van der Waals surface area contributed by atoms with Crippen LogP contribution in [0.25, 0.3) is 10.6 Å². The van der Waals surface area contributed by atoms with Crippen LogP contribution in [0.1, 0.15) is 11.1 Å². The highest BCUT2D eigenvalue weighted by Gasteiger charge is 2.10. The minimum atomic E-state index is -0.0960. The monoisotopic (exact) mass is 310 g/mol. The zero-order valence-corrected chi connectivity index (χ0v) is 12.8. The van der Waals surface area contributed by atoms with Gasteiger partial charge in [-0.1, -0.05) is 41.2 Å². The second-order valence-corrected chi connectivity index (χ2v) is 5.84. The Hall–Kier alpha value is -2.60. The van der Waals surface area contributed by atoms with Gasteiger partial charge in [0.1, 0.15) is 5.01 Å². The zero-order chi connectivity index (χ0) is 15.4. The van der Waals surface area contributed by atoms with E-state index in [0.29, 0.717) is 11.6 Å². The summed E-state index contributed by atoms with van der Waals surface area (Å²) in [6.07, 6.45) is 3.73. The third kappa shape index (κ3) is 3.53. The lowest BCUT2D eigenvalue weighted by atomic mass is 10.1. The van der Waals surface area contributed by atoms with Crippen molar-refractivity contribution in [2.75, 3.05) is 5.32 Å². The van der Waals surface area contributed by atoms with E-state index >= 15 is 0 Å². The quantitative estimate of drug-likeness (QED) is 0.804. The van der Waals surface area contributed by atoms with Crippen molar-refractivity contribution < 1.29 is 4.79 Å². The molecule has 1 N–H and O–H groups in total. The molecule has 110 valence electrons. The number of nitrogens with one attached hydrogen (secondary N) is 1. The van der Waals surface area contributed by atoms with Gasteiger partial charge in [-0.3, -0.25) is 9.78 Å². The summed E-state index contributed by atoms with van der Waals surface area (Å²) in [7, 11) is 0. The Morgan fingerprint density at radius 1 is 1.09 bits per heavy atom. The molecule has 0 aliphatic carbocycles. The van der Waals surface area contributed by atoms with Crippen molar-refractivity contribution >= 4 is 22.4 Å². The molecule has 22 heavy (non-hydrogen) atoms. The van der Waals surface area contributed by atoms with E-state index < -0.39 is 0 Å². The zero-order valence-electron chi connectivity index (χ0n) is 12.0. The number of nitrogens with zero attached hydrogens (tertiary/aromatic N) is 3. The van der Waals surface area contributed by atoms with Crippen molar-refractivity contribution in [1.82, 2.24) is 15.2 Å². The topological polar surface area (TPSA) is 67.8 Å². The normalized spacial score (nSPS) is 10.4. The molecular formula is C16H14N4OS. The van der Waals surface area contributed by atoms with Gasteiger partial charge in [-0.15, -0.1) is 10.2 Å². The van der Waals surface area contributed by atoms with Crippen molar-refractivity contribution in [2.45, 2.75) is 13.3 Å². The molecule has 0 radical (unpaired) electrons. The molecule has 1 amide bonds. The van der Waals surface area contributed by atoms with Crippen LogP contribution in [0.4, 0.5) is 5.13 Å². The van der Waals surface area contributed by atoms with E-state index in [4.69, 9.17) is 0 Å². The fraction of sp³-hybridized carbons (Fsp3) is 0.125. The van der Waals surface area contributed by atoms with Gasteiger partial charge >= 0.3 is 0 Å². The Kier molecular flexibility index (Phi) is 4.20. The van der Waals surface area contributed by atoms with E-state index in [1.54, 1.807) is 12.4 Å². The molecule has 0 fully saturated rings. The molecule has 6 heteroatoms. The molecule has 3 aromatic rings. The highest BCUT2D eigenvalue weighted by atomic mass is 32.1. The van der Waals surface area contributed by atoms with Gasteiger partial charge in [-0.2, -0.15) is 0 Å². The van der Waals surface area contributed by atoms with Gasteiger partial charge in [-0.05, 0) is 24.6 Å². The molecule has 0 atom stereocenters. The lowest BCUT2D eigenvalue weighted by Crippen LogP contribution is -2.14. The first-order valence-electron chi connectivity index (χ1n) is 6.80. The van der Waals surface area contributed by atoms with Gasteiger partial charge < -0.3 is 5.32 Å². The van der Waals surface area contributed by atoms with Gasteiger partial charge in [0, 0.05) is 18.0 Å². The summed E-state index contributed by atoms with van der Waals surface area (Å²) in [5.41, 5.74) is 3.09. The number of aryl methyl sites for hydroxylation is 1. The summed E-state index contributed by atoms with van der Waals surface area (Å²) in [5.74, 6) is -0.0960. The molecule has 3 rings (SSSR count). The van der Waals surface area contributed by atoms with Crippen LogP contribution >= 0.6 is 11.3 Å². The van der Waals surface area contributed by atoms with Crippen molar-refractivity contribution in [3.8, 4) is 10.6 Å². The summed E-state index contributed by atoms with van der Waals surface area (Å²) in [6.45, 7) is 2.02. The van der Waals surface area contributed by atoms with E-state index in [9.17, 15) is 4.79 Å². The van der Waals surface area contributed by atoms with Crippen LogP contribution in [0.2, 0.25) is 0 Å². The first-order chi connectivity index (χ1) is 10.7. The van der Waals surface area contributed by atoms with Gasteiger partial charge in [0.25, 0.3) is 0 Å². The molecule has 0 saturated heterocycles. The predicted octanol–water partition coefficient (Wildman–Crippen LogP) is 3.09. The lowest BCUT2D eigenvalue weighted by Gasteiger charge is -2.02. The minimum absolute atomic E-state index is 0.0960. The smallest absolute Gasteiger partial charge is 0.230 e. The van der Waals surface area contributed by atoms with Crippen molar-refractivity contribution in [3.63, 3.8) is 0 Å². The third-order valence-corrected chi connectivity index (χ3v) is 3.97. The highest BCUT2D eigenvalue weighted by Crippen LogP contribution is 2.25. The number of hydrogen-bond donors (Lipinski definition) is 1. The van der Waals surface area contributed by atoms with Crippen molar-refractivity contribution in [2.24, 2.45) is 0 Å². The molecule has 0 aliphatic heterocycles. The molecule has 0 spiro atoms. The van der Waals surface area contributed by atoms with Crippen LogP contribution in [-0.2, 0) is 11.2 Å². The molecule has 0 unspecified atom stereocenters. The third-order valence-electron chi connectivity index (χ3n) is 3.08.